The lowest BCUT2D eigenvalue weighted by Crippen LogP contribution is -2.53. The summed E-state index contributed by atoms with van der Waals surface area (Å²) >= 11 is 0. The number of rotatable bonds is 23. The Morgan fingerprint density at radius 2 is 0.855 bits per heavy atom. The summed E-state index contributed by atoms with van der Waals surface area (Å²) < 4.78 is 0. The first-order valence-electron chi connectivity index (χ1n) is 21.5. The average molecular weight is 775 g/mol. The minimum absolute atomic E-state index is 0.0458. The molecule has 0 aromatic rings. The highest BCUT2D eigenvalue weighted by Gasteiger charge is 2.36. The molecule has 5 amide bonds. The normalized spacial score (nSPS) is 25.8. The molecular weight excluding hydrogens is 701 g/mol. The van der Waals surface area contributed by atoms with E-state index in [0.717, 1.165) is 70.6 Å². The summed E-state index contributed by atoms with van der Waals surface area (Å²) in [7, 11) is 0. The smallest absolute Gasteiger partial charge is 0.225 e. The van der Waals surface area contributed by atoms with Gasteiger partial charge >= 0.3 is 0 Å². The Labute approximate surface area is 329 Å². The van der Waals surface area contributed by atoms with Crippen LogP contribution in [0.1, 0.15) is 149 Å². The monoisotopic (exact) mass is 775 g/mol. The third-order valence-corrected chi connectivity index (χ3v) is 12.0. The highest BCUT2D eigenvalue weighted by molar-refractivity contribution is 5.85. The Hall–Kier alpha value is -3.10. The van der Waals surface area contributed by atoms with Crippen molar-refractivity contribution < 1.29 is 28.8 Å². The molecule has 0 aromatic carbocycles. The van der Waals surface area contributed by atoms with Gasteiger partial charge in [0, 0.05) is 55.4 Å². The van der Waals surface area contributed by atoms with Crippen molar-refractivity contribution in [2.45, 2.75) is 179 Å². The molecule has 3 rings (SSSR count). The molecular formula is C41H74N8O6. The van der Waals surface area contributed by atoms with E-state index in [1.807, 2.05) is 6.92 Å². The Morgan fingerprint density at radius 1 is 0.509 bits per heavy atom. The van der Waals surface area contributed by atoms with Crippen LogP contribution in [0.3, 0.4) is 0 Å². The topological polar surface area (TPSA) is 241 Å². The fraction of sp³-hybridized carbons (Fsp3) is 0.854. The summed E-state index contributed by atoms with van der Waals surface area (Å²) in [6.07, 6.45) is 14.4. The molecule has 9 atom stereocenters. The molecule has 0 bridgehead atoms. The zero-order valence-electron chi connectivity index (χ0n) is 33.8. The minimum atomic E-state index is -0.455. The Balaban J connectivity index is 1.59. The molecule has 0 aliphatic heterocycles. The van der Waals surface area contributed by atoms with Crippen molar-refractivity contribution in [2.75, 3.05) is 19.6 Å². The highest BCUT2D eigenvalue weighted by atomic mass is 16.2. The first-order valence-corrected chi connectivity index (χ1v) is 21.5. The third-order valence-electron chi connectivity index (χ3n) is 12.0. The standard InChI is InChI=1S/C41H74N8O6/c1-27(12-9-21-42)24-37(51)48-35-19-7-4-16-32(35)40(54)46-30(14-11-23-44)26-39(53)49-36-20-8-5-17-33(36)41(55)45-29(13-10-22-43)25-38(52)47-34-18-6-3-15-31(34)28(2)50/h27,29-36H,3-26,42-44H2,1-2H3,(H,45,55)(H,46,54)(H,47,52)(H,48,51)(H,49,53)/t27-,29-,30-,31?,32?,33?,34?,35?,36?/m1/s1. The Morgan fingerprint density at radius 3 is 1.25 bits per heavy atom. The maximum Gasteiger partial charge on any atom is 0.225 e. The van der Waals surface area contributed by atoms with Crippen molar-refractivity contribution >= 4 is 35.3 Å². The molecule has 6 unspecified atom stereocenters. The van der Waals surface area contributed by atoms with Crippen LogP contribution in [0.15, 0.2) is 0 Å². The molecule has 0 spiro atoms. The van der Waals surface area contributed by atoms with Crippen molar-refractivity contribution in [1.29, 1.82) is 0 Å². The van der Waals surface area contributed by atoms with E-state index in [2.05, 4.69) is 26.6 Å². The van der Waals surface area contributed by atoms with Crippen molar-refractivity contribution in [3.8, 4) is 0 Å². The van der Waals surface area contributed by atoms with E-state index < -0.39 is 18.0 Å². The Kier molecular flexibility index (Phi) is 21.2. The number of Topliss-reactive ketones (excluding diaryl/α,β-unsaturated/α-hetero) is 1. The van der Waals surface area contributed by atoms with Crippen molar-refractivity contribution in [3.05, 3.63) is 0 Å². The lowest BCUT2D eigenvalue weighted by Gasteiger charge is -2.34. The second kappa shape index (κ2) is 25.2. The van der Waals surface area contributed by atoms with Gasteiger partial charge in [-0.25, -0.2) is 0 Å². The van der Waals surface area contributed by atoms with Crippen LogP contribution < -0.4 is 43.8 Å². The van der Waals surface area contributed by atoms with E-state index in [0.29, 0.717) is 71.0 Å². The largest absolute Gasteiger partial charge is 0.353 e. The zero-order chi connectivity index (χ0) is 40.2. The SMILES string of the molecule is CC(=O)C1CCCCC1NC(=O)C[C@@H](CCCN)NC(=O)C1CCCCC1NC(=O)C[C@@H](CCCN)NC(=O)C1CCCCC1NC(=O)C[C@H](C)CCCN. The number of hydrogen-bond donors (Lipinski definition) is 8. The molecule has 3 saturated carbocycles. The predicted molar refractivity (Wildman–Crippen MR) is 214 cm³/mol. The molecule has 14 nitrogen and oxygen atoms in total. The van der Waals surface area contributed by atoms with Crippen LogP contribution in [-0.2, 0) is 28.8 Å². The molecule has 0 heterocycles. The van der Waals surface area contributed by atoms with Gasteiger partial charge in [0.1, 0.15) is 5.78 Å². The first kappa shape index (κ1) is 46.3. The van der Waals surface area contributed by atoms with E-state index in [1.165, 1.54) is 0 Å². The number of ketones is 1. The summed E-state index contributed by atoms with van der Waals surface area (Å²) in [5, 5.41) is 15.6. The number of nitrogens with one attached hydrogen (secondary N) is 5. The maximum atomic E-state index is 13.8. The van der Waals surface area contributed by atoms with Crippen molar-refractivity contribution in [2.24, 2.45) is 40.9 Å². The maximum absolute atomic E-state index is 13.8. The van der Waals surface area contributed by atoms with Gasteiger partial charge in [-0.05, 0) is 110 Å². The van der Waals surface area contributed by atoms with Crippen LogP contribution in [0.25, 0.3) is 0 Å². The van der Waals surface area contributed by atoms with Crippen molar-refractivity contribution in [1.82, 2.24) is 26.6 Å². The lowest BCUT2D eigenvalue weighted by molar-refractivity contribution is -0.130. The molecule has 14 heteroatoms. The molecule has 0 saturated heterocycles. The second-order valence-corrected chi connectivity index (χ2v) is 16.7. The Bertz CT molecular complexity index is 1240. The van der Waals surface area contributed by atoms with Gasteiger partial charge in [-0.1, -0.05) is 45.4 Å². The minimum Gasteiger partial charge on any atom is -0.353 e. The van der Waals surface area contributed by atoms with E-state index in [-0.39, 0.29) is 84.0 Å². The quantitative estimate of drug-likeness (QED) is 0.0760. The first-order chi connectivity index (χ1) is 26.4. The van der Waals surface area contributed by atoms with E-state index in [4.69, 9.17) is 17.2 Å². The van der Waals surface area contributed by atoms with Crippen LogP contribution in [0.2, 0.25) is 0 Å². The molecule has 314 valence electrons. The lowest BCUT2D eigenvalue weighted by atomic mass is 9.82. The fourth-order valence-electron chi connectivity index (χ4n) is 8.95. The number of nitrogens with two attached hydrogens (primary N) is 3. The van der Waals surface area contributed by atoms with Crippen molar-refractivity contribution in [3.63, 3.8) is 0 Å². The number of carbonyl (C=O) groups is 6. The van der Waals surface area contributed by atoms with Gasteiger partial charge < -0.3 is 43.8 Å². The van der Waals surface area contributed by atoms with Gasteiger partial charge in [0.25, 0.3) is 0 Å². The number of carbonyl (C=O) groups excluding carboxylic acids is 6. The van der Waals surface area contributed by atoms with Gasteiger partial charge in [0.05, 0.1) is 11.8 Å². The van der Waals surface area contributed by atoms with Gasteiger partial charge in [-0.15, -0.1) is 0 Å². The molecule has 3 fully saturated rings. The number of hydrogen-bond acceptors (Lipinski definition) is 9. The molecule has 3 aliphatic rings. The van der Waals surface area contributed by atoms with Gasteiger partial charge in [-0.3, -0.25) is 28.8 Å². The van der Waals surface area contributed by atoms with Gasteiger partial charge in [-0.2, -0.15) is 0 Å². The zero-order valence-corrected chi connectivity index (χ0v) is 33.8. The van der Waals surface area contributed by atoms with Gasteiger partial charge in [0.2, 0.25) is 29.5 Å². The number of amides is 5. The van der Waals surface area contributed by atoms with Crippen LogP contribution >= 0.6 is 0 Å². The average Bonchev–Trinajstić information content (AvgIpc) is 3.15. The third kappa shape index (κ3) is 16.5. The summed E-state index contributed by atoms with van der Waals surface area (Å²) in [6, 6.07) is -1.67. The molecule has 3 aliphatic carbocycles. The fourth-order valence-corrected chi connectivity index (χ4v) is 8.95. The van der Waals surface area contributed by atoms with Crippen LogP contribution in [-0.4, -0.2) is 85.2 Å². The van der Waals surface area contributed by atoms with E-state index >= 15 is 0 Å². The molecule has 55 heavy (non-hydrogen) atoms. The van der Waals surface area contributed by atoms with Crippen LogP contribution in [0.4, 0.5) is 0 Å². The van der Waals surface area contributed by atoms with E-state index in [9.17, 15) is 28.8 Å². The van der Waals surface area contributed by atoms with E-state index in [1.54, 1.807) is 6.92 Å². The highest BCUT2D eigenvalue weighted by Crippen LogP contribution is 2.28. The summed E-state index contributed by atoms with van der Waals surface area (Å²) in [5.74, 6) is -1.51. The van der Waals surface area contributed by atoms with Crippen LogP contribution in [0, 0.1) is 23.7 Å². The second-order valence-electron chi connectivity index (χ2n) is 16.7. The molecule has 11 N–H and O–H groups in total. The predicted octanol–water partition coefficient (Wildman–Crippen LogP) is 2.59. The molecule has 0 aromatic heterocycles. The summed E-state index contributed by atoms with van der Waals surface area (Å²) in [4.78, 5) is 79.4. The van der Waals surface area contributed by atoms with Crippen LogP contribution in [0.5, 0.6) is 0 Å². The summed E-state index contributed by atoms with van der Waals surface area (Å²) in [6.45, 7) is 5.07. The van der Waals surface area contributed by atoms with Gasteiger partial charge in [0.15, 0.2) is 0 Å². The molecule has 0 radical (unpaired) electrons. The summed E-state index contributed by atoms with van der Waals surface area (Å²) in [5.41, 5.74) is 17.3.